The lowest BCUT2D eigenvalue weighted by Crippen LogP contribution is -2.68. The van der Waals surface area contributed by atoms with Crippen molar-refractivity contribution < 1.29 is 96.6 Å². The van der Waals surface area contributed by atoms with Gasteiger partial charge in [-0.1, -0.05) is 0 Å². The molecule has 0 bridgehead atoms. The van der Waals surface area contributed by atoms with Crippen LogP contribution in [0.2, 0.25) is 68.5 Å². The number of carbonyl (C=O) groups is 2. The van der Waals surface area contributed by atoms with Crippen LogP contribution in [0.3, 0.4) is 0 Å². The van der Waals surface area contributed by atoms with Crippen molar-refractivity contribution in [2.24, 2.45) is 0 Å². The van der Waals surface area contributed by atoms with Gasteiger partial charge in [0.2, 0.25) is 0 Å². The van der Waals surface area contributed by atoms with Gasteiger partial charge in [-0.2, -0.15) is 13.2 Å². The van der Waals surface area contributed by atoms with Crippen LogP contribution in [0.25, 0.3) is 0 Å². The number of halogens is 7. The van der Waals surface area contributed by atoms with Gasteiger partial charge in [-0.3, -0.25) is 0 Å². The number of rotatable bonds is 24. The van der Waals surface area contributed by atoms with Crippen LogP contribution in [0.4, 0.5) is 35.5 Å². The summed E-state index contributed by atoms with van der Waals surface area (Å²) in [6.45, 7) is 14.7. The highest BCUT2D eigenvalue weighted by Crippen LogP contribution is 2.44. The Bertz CT molecular complexity index is 1090. The fraction of sp³-hybridized carbons (Fsp3) is 0.867. The Morgan fingerprint density at radius 2 is 0.712 bits per heavy atom. The second-order valence-corrected chi connectivity index (χ2v) is 36.9. The van der Waals surface area contributed by atoms with Crippen LogP contribution in [0, 0.1) is 0 Å². The molecule has 2 unspecified atom stereocenters. The molecule has 1 fully saturated rings. The quantitative estimate of drug-likeness (QED) is 0.0393. The Kier molecular flexibility index (Phi) is 30.3. The smallest absolute Gasteiger partial charge is 0.416 e. The molecule has 1 aliphatic rings. The Labute approximate surface area is 352 Å². The van der Waals surface area contributed by atoms with Gasteiger partial charge in [0.15, 0.2) is 0 Å². The third kappa shape index (κ3) is 23.7. The molecule has 354 valence electrons. The number of hydrogen-bond acceptors (Lipinski definition) is 15. The average Bonchev–Trinajstić information content (AvgIpc) is 3.13. The van der Waals surface area contributed by atoms with Crippen molar-refractivity contribution in [3.05, 3.63) is 13.2 Å². The minimum atomic E-state index is -5.11. The molecule has 0 aliphatic carbocycles. The van der Waals surface area contributed by atoms with Gasteiger partial charge >= 0.3 is 73.1 Å². The molecule has 59 heavy (non-hydrogen) atoms. The monoisotopic (exact) mass is 996 g/mol. The average molecular weight is 997 g/mol. The molecule has 0 N–H and O–H groups in total. The third-order valence-corrected chi connectivity index (χ3v) is 36.2. The Morgan fingerprint density at radius 1 is 0.508 bits per heavy atom. The van der Waals surface area contributed by atoms with E-state index in [4.69, 9.17) is 65.9 Å². The van der Waals surface area contributed by atoms with Crippen molar-refractivity contribution in [3.8, 4) is 0 Å². The van der Waals surface area contributed by atoms with E-state index in [-0.39, 0.29) is 12.1 Å². The van der Waals surface area contributed by atoms with Gasteiger partial charge < -0.3 is 61.1 Å². The molecule has 0 aromatic rings. The first-order valence-corrected chi connectivity index (χ1v) is 33.9. The van der Waals surface area contributed by atoms with Crippen molar-refractivity contribution in [2.45, 2.75) is 106 Å². The van der Waals surface area contributed by atoms with Crippen LogP contribution in [-0.4, -0.2) is 150 Å². The lowest BCUT2D eigenvalue weighted by atomic mass is 10.3. The molecule has 0 aromatic carbocycles. The number of alkyl halides is 5. The SMILES string of the molecule is C=C.C=O.CO[Si](CCC[Si]1(C)O[Si](C)(CCC[Si](OC)(OC)OC)O[Si](C)(CC(F)(F)CC(F)(F)F)O[Si](C)(CCC[Si](OC)(OC)OC)O1)(OC)OC.O=C(F)F. The van der Waals surface area contributed by atoms with E-state index in [0.717, 1.165) is 0 Å². The summed E-state index contributed by atoms with van der Waals surface area (Å²) < 4.78 is 168. The number of hydrogen-bond donors (Lipinski definition) is 0. The molecular weight excluding hydrogens is 930 g/mol. The topological polar surface area (TPSA) is 154 Å². The van der Waals surface area contributed by atoms with Crippen LogP contribution in [0.1, 0.15) is 25.7 Å². The van der Waals surface area contributed by atoms with E-state index in [2.05, 4.69) is 13.2 Å². The molecule has 0 radical (unpaired) electrons. The first-order valence-electron chi connectivity index (χ1n) is 18.0. The van der Waals surface area contributed by atoms with E-state index in [0.29, 0.717) is 43.4 Å². The zero-order valence-corrected chi connectivity index (χ0v) is 43.7. The molecule has 0 spiro atoms. The summed E-state index contributed by atoms with van der Waals surface area (Å²) in [6, 6.07) is 0.846. The van der Waals surface area contributed by atoms with Crippen LogP contribution < -0.4 is 0 Å². The van der Waals surface area contributed by atoms with Crippen LogP contribution in [0.15, 0.2) is 13.2 Å². The largest absolute Gasteiger partial charge is 0.500 e. The zero-order chi connectivity index (χ0) is 47.0. The fourth-order valence-electron chi connectivity index (χ4n) is 6.66. The van der Waals surface area contributed by atoms with Gasteiger partial charge in [-0.25, -0.2) is 13.6 Å². The molecule has 2 atom stereocenters. The highest BCUT2D eigenvalue weighted by atomic mass is 28.5. The van der Waals surface area contributed by atoms with Crippen molar-refractivity contribution >= 4 is 73.7 Å². The van der Waals surface area contributed by atoms with Crippen LogP contribution in [-0.2, 0) is 61.1 Å². The van der Waals surface area contributed by atoms with E-state index in [1.165, 1.54) is 70.5 Å². The predicted molar refractivity (Wildman–Crippen MR) is 220 cm³/mol. The van der Waals surface area contributed by atoms with E-state index in [1.807, 2.05) is 13.3 Å². The second-order valence-electron chi connectivity index (χ2n) is 13.4. The summed E-state index contributed by atoms with van der Waals surface area (Å²) in [5, 5.41) is 0. The second kappa shape index (κ2) is 28.4. The normalized spacial score (nSPS) is 24.3. The molecule has 1 saturated heterocycles. The van der Waals surface area contributed by atoms with E-state index < -0.39 is 91.5 Å². The van der Waals surface area contributed by atoms with E-state index in [9.17, 15) is 22.0 Å². The van der Waals surface area contributed by atoms with E-state index >= 15 is 8.78 Å². The highest BCUT2D eigenvalue weighted by molar-refractivity contribution is 6.94. The minimum Gasteiger partial charge on any atom is -0.416 e. The van der Waals surface area contributed by atoms with Crippen molar-refractivity contribution in [1.29, 1.82) is 0 Å². The molecule has 1 heterocycles. The van der Waals surface area contributed by atoms with Gasteiger partial charge in [0.25, 0.3) is 5.92 Å². The molecule has 15 nitrogen and oxygen atoms in total. The molecule has 0 saturated carbocycles. The lowest BCUT2D eigenvalue weighted by molar-refractivity contribution is -0.183. The summed E-state index contributed by atoms with van der Waals surface area (Å²) in [7, 11) is -10.2. The van der Waals surface area contributed by atoms with Gasteiger partial charge in [-0.05, 0) is 63.6 Å². The molecule has 29 heteroatoms. The Hall–Kier alpha value is -0.412. The standard InChI is InChI=1S/C26H61F5O13Si7.C2H4.CF2O.CH2O/c1-32-49(33-2,34-3)20-14-17-45(10)41-46(11,18-15-21-50(35-4,36-5)37-6)43-48(13,24-25(27,28)23-26(29,30)31)44-47(12,42-45)19-16-22-51(38-7,39-8)40-9;1-2;2-1(3)4;1-2/h14-24H2,1-13H3;1-2H2;;1H2. The predicted octanol–water partition coefficient (Wildman–Crippen LogP) is 8.41. The maximum atomic E-state index is 15.3. The number of carbonyl (C=O) groups excluding carboxylic acids is 2. The Balaban J connectivity index is -0.00000362. The lowest BCUT2D eigenvalue weighted by Gasteiger charge is -2.51. The molecular formula is C30H67F7O15Si7. The summed E-state index contributed by atoms with van der Waals surface area (Å²) in [4.78, 5) is 16.1. The highest BCUT2D eigenvalue weighted by Gasteiger charge is 2.60. The van der Waals surface area contributed by atoms with Gasteiger partial charge in [0.05, 0.1) is 6.04 Å². The summed E-state index contributed by atoms with van der Waals surface area (Å²) in [5.74, 6) is -4.16. The minimum absolute atomic E-state index is 0.259. The molecule has 0 amide bonds. The molecule has 0 aromatic heterocycles. The van der Waals surface area contributed by atoms with Gasteiger partial charge in [0, 0.05) is 82.1 Å². The summed E-state index contributed by atoms with van der Waals surface area (Å²) in [6.07, 6.45) is -8.94. The van der Waals surface area contributed by atoms with Crippen LogP contribution >= 0.6 is 0 Å². The summed E-state index contributed by atoms with van der Waals surface area (Å²) in [5.41, 5.74) is 0. The van der Waals surface area contributed by atoms with Crippen LogP contribution in [0.5, 0.6) is 0 Å². The first-order chi connectivity index (χ1) is 27.1. The van der Waals surface area contributed by atoms with Gasteiger partial charge in [-0.15, -0.1) is 21.9 Å². The summed E-state index contributed by atoms with van der Waals surface area (Å²) >= 11 is 0. The van der Waals surface area contributed by atoms with Crippen molar-refractivity contribution in [1.82, 2.24) is 0 Å². The third-order valence-electron chi connectivity index (χ3n) is 8.91. The Morgan fingerprint density at radius 3 is 0.898 bits per heavy atom. The maximum absolute atomic E-state index is 15.3. The molecule has 1 aliphatic heterocycles. The van der Waals surface area contributed by atoms with E-state index in [1.54, 1.807) is 13.1 Å². The maximum Gasteiger partial charge on any atom is 0.500 e. The molecule has 1 rings (SSSR count). The zero-order valence-electron chi connectivity index (χ0n) is 36.7. The fourth-order valence-corrected chi connectivity index (χ4v) is 36.2. The van der Waals surface area contributed by atoms with Gasteiger partial charge in [0.1, 0.15) is 13.2 Å². The van der Waals surface area contributed by atoms with Crippen molar-refractivity contribution in [2.75, 3.05) is 64.0 Å². The van der Waals surface area contributed by atoms with Crippen molar-refractivity contribution in [3.63, 3.8) is 0 Å². The first kappa shape index (κ1) is 62.9.